The number of aromatic nitrogens is 2. The average Bonchev–Trinajstić information content (AvgIpc) is 3.11. The van der Waals surface area contributed by atoms with Crippen LogP contribution in [0.15, 0.2) is 48.5 Å². The number of nitrogens with zero attached hydrogens (tertiary/aromatic N) is 3. The predicted octanol–water partition coefficient (Wildman–Crippen LogP) is 4.45. The molecule has 0 aliphatic carbocycles. The number of para-hydroxylation sites is 2. The molecule has 2 aromatic carbocycles. The van der Waals surface area contributed by atoms with Crippen molar-refractivity contribution in [2.24, 2.45) is 5.92 Å². The third kappa shape index (κ3) is 4.57. The second-order valence-electron chi connectivity index (χ2n) is 8.76. The maximum Gasteiger partial charge on any atom is 0.224 e. The first-order chi connectivity index (χ1) is 14.5. The SMILES string of the molecule is Cc1ccc(CNC(=O)[C@H]2CCCN(Cc3nc4ccccc4n3C(C)C)C2)cc1. The number of rotatable bonds is 6. The summed E-state index contributed by atoms with van der Waals surface area (Å²) in [6, 6.07) is 17.0. The molecule has 4 rings (SSSR count). The molecule has 5 nitrogen and oxygen atoms in total. The van der Waals surface area contributed by atoms with Crippen LogP contribution in [-0.4, -0.2) is 33.4 Å². The minimum Gasteiger partial charge on any atom is -0.352 e. The molecule has 0 saturated carbocycles. The molecule has 5 heteroatoms. The summed E-state index contributed by atoms with van der Waals surface area (Å²) in [6.45, 7) is 9.67. The molecule has 0 spiro atoms. The average molecular weight is 405 g/mol. The van der Waals surface area contributed by atoms with Gasteiger partial charge in [-0.2, -0.15) is 0 Å². The van der Waals surface area contributed by atoms with Gasteiger partial charge in [0.2, 0.25) is 5.91 Å². The highest BCUT2D eigenvalue weighted by Crippen LogP contribution is 2.24. The Morgan fingerprint density at radius 1 is 1.17 bits per heavy atom. The van der Waals surface area contributed by atoms with E-state index in [1.54, 1.807) is 0 Å². The first kappa shape index (κ1) is 20.6. The molecule has 2 heterocycles. The number of hydrogen-bond acceptors (Lipinski definition) is 3. The van der Waals surface area contributed by atoms with E-state index in [2.05, 4.69) is 78.0 Å². The fourth-order valence-corrected chi connectivity index (χ4v) is 4.43. The van der Waals surface area contributed by atoms with Gasteiger partial charge < -0.3 is 9.88 Å². The Kier molecular flexibility index (Phi) is 6.18. The predicted molar refractivity (Wildman–Crippen MR) is 121 cm³/mol. The zero-order valence-corrected chi connectivity index (χ0v) is 18.3. The molecule has 30 heavy (non-hydrogen) atoms. The molecule has 1 aliphatic rings. The molecule has 1 aliphatic heterocycles. The number of nitrogens with one attached hydrogen (secondary N) is 1. The minimum absolute atomic E-state index is 0.0427. The fraction of sp³-hybridized carbons (Fsp3) is 0.440. The quantitative estimate of drug-likeness (QED) is 0.660. The van der Waals surface area contributed by atoms with Crippen LogP contribution in [0.3, 0.4) is 0 Å². The molecule has 1 atom stereocenters. The number of carbonyl (C=O) groups is 1. The summed E-state index contributed by atoms with van der Waals surface area (Å²) in [5.74, 6) is 1.30. The van der Waals surface area contributed by atoms with Crippen molar-refractivity contribution in [2.45, 2.75) is 52.7 Å². The smallest absolute Gasteiger partial charge is 0.224 e. The Hall–Kier alpha value is -2.66. The van der Waals surface area contributed by atoms with E-state index in [9.17, 15) is 4.79 Å². The van der Waals surface area contributed by atoms with Gasteiger partial charge in [-0.1, -0.05) is 42.0 Å². The zero-order chi connectivity index (χ0) is 21.1. The van der Waals surface area contributed by atoms with Gasteiger partial charge in [0.25, 0.3) is 0 Å². The van der Waals surface area contributed by atoms with Gasteiger partial charge in [-0.15, -0.1) is 0 Å². The number of piperidine rings is 1. The summed E-state index contributed by atoms with van der Waals surface area (Å²) in [4.78, 5) is 20.1. The van der Waals surface area contributed by atoms with Crippen LogP contribution in [0.1, 0.15) is 49.7 Å². The number of imidazole rings is 1. The molecule has 0 radical (unpaired) electrons. The number of hydrogen-bond donors (Lipinski definition) is 1. The van der Waals surface area contributed by atoms with Crippen molar-refractivity contribution in [3.63, 3.8) is 0 Å². The zero-order valence-electron chi connectivity index (χ0n) is 18.3. The Labute approximate surface area is 179 Å². The van der Waals surface area contributed by atoms with Crippen LogP contribution in [0.25, 0.3) is 11.0 Å². The summed E-state index contributed by atoms with van der Waals surface area (Å²) in [5, 5.41) is 3.14. The van der Waals surface area contributed by atoms with Crippen molar-refractivity contribution < 1.29 is 4.79 Å². The lowest BCUT2D eigenvalue weighted by molar-refractivity contribution is -0.127. The molecular weight excluding hydrogens is 372 g/mol. The number of fused-ring (bicyclic) bond motifs is 1. The van der Waals surface area contributed by atoms with Crippen LogP contribution in [-0.2, 0) is 17.9 Å². The van der Waals surface area contributed by atoms with Gasteiger partial charge in [-0.25, -0.2) is 4.98 Å². The summed E-state index contributed by atoms with van der Waals surface area (Å²) in [5.41, 5.74) is 4.62. The number of carbonyl (C=O) groups excluding carboxylic acids is 1. The van der Waals surface area contributed by atoms with Gasteiger partial charge in [0.1, 0.15) is 5.82 Å². The lowest BCUT2D eigenvalue weighted by Gasteiger charge is -2.32. The van der Waals surface area contributed by atoms with Crippen LogP contribution in [0, 0.1) is 12.8 Å². The van der Waals surface area contributed by atoms with Gasteiger partial charge in [0, 0.05) is 19.1 Å². The summed E-state index contributed by atoms with van der Waals surface area (Å²) in [6.07, 6.45) is 2.00. The van der Waals surface area contributed by atoms with Gasteiger partial charge in [0.15, 0.2) is 0 Å². The summed E-state index contributed by atoms with van der Waals surface area (Å²) >= 11 is 0. The lowest BCUT2D eigenvalue weighted by atomic mass is 9.97. The van der Waals surface area contributed by atoms with Crippen molar-refractivity contribution in [3.8, 4) is 0 Å². The molecule has 1 N–H and O–H groups in total. The van der Waals surface area contributed by atoms with Crippen molar-refractivity contribution in [2.75, 3.05) is 13.1 Å². The van der Waals surface area contributed by atoms with E-state index in [-0.39, 0.29) is 11.8 Å². The molecule has 1 amide bonds. The van der Waals surface area contributed by atoms with E-state index in [4.69, 9.17) is 4.98 Å². The fourth-order valence-electron chi connectivity index (χ4n) is 4.43. The van der Waals surface area contributed by atoms with Gasteiger partial charge in [0.05, 0.1) is 23.5 Å². The first-order valence-electron chi connectivity index (χ1n) is 11.0. The second-order valence-corrected chi connectivity index (χ2v) is 8.76. The van der Waals surface area contributed by atoms with Crippen molar-refractivity contribution in [1.82, 2.24) is 19.8 Å². The van der Waals surface area contributed by atoms with Gasteiger partial charge in [-0.3, -0.25) is 9.69 Å². The van der Waals surface area contributed by atoms with Gasteiger partial charge >= 0.3 is 0 Å². The Morgan fingerprint density at radius 3 is 2.70 bits per heavy atom. The first-order valence-corrected chi connectivity index (χ1v) is 11.0. The van der Waals surface area contributed by atoms with Crippen molar-refractivity contribution in [3.05, 3.63) is 65.5 Å². The van der Waals surface area contributed by atoms with Crippen LogP contribution in [0.4, 0.5) is 0 Å². The van der Waals surface area contributed by atoms with Crippen LogP contribution >= 0.6 is 0 Å². The molecule has 0 bridgehead atoms. The maximum atomic E-state index is 12.8. The van der Waals surface area contributed by atoms with Crippen LogP contribution in [0.5, 0.6) is 0 Å². The standard InChI is InChI=1S/C25H32N4O/c1-18(2)29-23-9-5-4-8-22(23)27-24(29)17-28-14-6-7-21(16-28)25(30)26-15-20-12-10-19(3)11-13-20/h4-5,8-13,18,21H,6-7,14-17H2,1-3H3,(H,26,30)/t21-/m0/s1. The second kappa shape index (κ2) is 9.00. The number of aryl methyl sites for hydroxylation is 1. The number of amides is 1. The minimum atomic E-state index is 0.0427. The number of likely N-dealkylation sites (tertiary alicyclic amines) is 1. The van der Waals surface area contributed by atoms with E-state index >= 15 is 0 Å². The monoisotopic (exact) mass is 404 g/mol. The van der Waals surface area contributed by atoms with Crippen LogP contribution in [0.2, 0.25) is 0 Å². The highest BCUT2D eigenvalue weighted by atomic mass is 16.1. The summed E-state index contributed by atoms with van der Waals surface area (Å²) in [7, 11) is 0. The third-order valence-corrected chi connectivity index (χ3v) is 6.01. The molecular formula is C25H32N4O. The topological polar surface area (TPSA) is 50.2 Å². The number of benzene rings is 2. The van der Waals surface area contributed by atoms with Crippen molar-refractivity contribution in [1.29, 1.82) is 0 Å². The van der Waals surface area contributed by atoms with E-state index in [1.165, 1.54) is 11.1 Å². The highest BCUT2D eigenvalue weighted by molar-refractivity contribution is 5.79. The molecule has 3 aromatic rings. The Bertz CT molecular complexity index is 1010. The van der Waals surface area contributed by atoms with E-state index in [1.807, 2.05) is 6.07 Å². The normalized spacial score (nSPS) is 17.5. The van der Waals surface area contributed by atoms with Crippen molar-refractivity contribution >= 4 is 16.9 Å². The Balaban J connectivity index is 1.40. The van der Waals surface area contributed by atoms with E-state index < -0.39 is 0 Å². The third-order valence-electron chi connectivity index (χ3n) is 6.01. The maximum absolute atomic E-state index is 12.8. The molecule has 1 saturated heterocycles. The lowest BCUT2D eigenvalue weighted by Crippen LogP contribution is -2.42. The molecule has 158 valence electrons. The molecule has 1 fully saturated rings. The van der Waals surface area contributed by atoms with Crippen LogP contribution < -0.4 is 5.32 Å². The molecule has 0 unspecified atom stereocenters. The van der Waals surface area contributed by atoms with E-state index in [0.717, 1.165) is 49.4 Å². The Morgan fingerprint density at radius 2 is 1.93 bits per heavy atom. The highest BCUT2D eigenvalue weighted by Gasteiger charge is 2.27. The largest absolute Gasteiger partial charge is 0.352 e. The molecule has 1 aromatic heterocycles. The summed E-state index contributed by atoms with van der Waals surface area (Å²) < 4.78 is 2.33. The van der Waals surface area contributed by atoms with Gasteiger partial charge in [-0.05, 0) is 57.9 Å². The van der Waals surface area contributed by atoms with E-state index in [0.29, 0.717) is 12.6 Å².